The number of halogens is 1. The zero-order valence-corrected chi connectivity index (χ0v) is 19.8. The number of carbonyl (C=O) groups is 3. The van der Waals surface area contributed by atoms with Crippen molar-refractivity contribution in [1.29, 1.82) is 0 Å². The van der Waals surface area contributed by atoms with Gasteiger partial charge in [-0.3, -0.25) is 4.79 Å². The van der Waals surface area contributed by atoms with Gasteiger partial charge in [0, 0.05) is 31.6 Å². The van der Waals surface area contributed by atoms with E-state index in [1.807, 2.05) is 30.3 Å². The zero-order valence-electron chi connectivity index (χ0n) is 18.1. The first kappa shape index (κ1) is 27.6. The molecule has 1 saturated heterocycles. The Morgan fingerprint density at radius 2 is 1.81 bits per heavy atom. The predicted octanol–water partition coefficient (Wildman–Crippen LogP) is 1.47. The summed E-state index contributed by atoms with van der Waals surface area (Å²) < 4.78 is 5.28. The monoisotopic (exact) mass is 512 g/mol. The molecule has 2 unspecified atom stereocenters. The van der Waals surface area contributed by atoms with Gasteiger partial charge in [-0.1, -0.05) is 36.4 Å². The van der Waals surface area contributed by atoms with Crippen molar-refractivity contribution in [1.82, 2.24) is 15.5 Å². The summed E-state index contributed by atoms with van der Waals surface area (Å²) in [4.78, 5) is 38.3. The number of nitrogens with one attached hydrogen (secondary N) is 2. The second kappa shape index (κ2) is 15.4. The largest absolute Gasteiger partial charge is 0.478 e. The van der Waals surface area contributed by atoms with Crippen LogP contribution in [0.25, 0.3) is 0 Å². The Bertz CT molecular complexity index is 741. The van der Waals surface area contributed by atoms with Gasteiger partial charge in [-0.2, -0.15) is 0 Å². The van der Waals surface area contributed by atoms with Crippen LogP contribution in [0.15, 0.2) is 42.5 Å². The third-order valence-electron chi connectivity index (χ3n) is 4.96. The summed E-state index contributed by atoms with van der Waals surface area (Å²) in [6.45, 7) is 2.39. The fraction of sp³-hybridized carbons (Fsp3) is 0.500. The number of unbranched alkanes of at least 4 members (excludes halogenated alkanes) is 1. The SMILES string of the molecule is Br.NCCCCC(/C=C/C(=O)O)NC(=O)C(Cc1ccccc1)NC(=O)N1CCOCC1. The highest BCUT2D eigenvalue weighted by molar-refractivity contribution is 8.93. The van der Waals surface area contributed by atoms with Crippen molar-refractivity contribution in [3.63, 3.8) is 0 Å². The van der Waals surface area contributed by atoms with Crippen molar-refractivity contribution in [2.24, 2.45) is 5.73 Å². The molecule has 0 spiro atoms. The smallest absolute Gasteiger partial charge is 0.328 e. The number of benzene rings is 1. The molecular formula is C22H33BrN4O5. The first-order chi connectivity index (χ1) is 15.0. The number of carbonyl (C=O) groups excluding carboxylic acids is 2. The van der Waals surface area contributed by atoms with Crippen LogP contribution in [0.2, 0.25) is 0 Å². The van der Waals surface area contributed by atoms with E-state index < -0.39 is 18.1 Å². The predicted molar refractivity (Wildman–Crippen MR) is 127 cm³/mol. The van der Waals surface area contributed by atoms with E-state index in [2.05, 4.69) is 10.6 Å². The van der Waals surface area contributed by atoms with Gasteiger partial charge in [0.05, 0.1) is 13.2 Å². The van der Waals surface area contributed by atoms with Crippen LogP contribution in [0.4, 0.5) is 4.79 Å². The number of nitrogens with two attached hydrogens (primary N) is 1. The summed E-state index contributed by atoms with van der Waals surface area (Å²) in [7, 11) is 0. The quantitative estimate of drug-likeness (QED) is 0.262. The van der Waals surface area contributed by atoms with E-state index in [0.717, 1.165) is 24.5 Å². The minimum atomic E-state index is -1.08. The van der Waals surface area contributed by atoms with Gasteiger partial charge in [0.25, 0.3) is 0 Å². The maximum absolute atomic E-state index is 13.1. The molecule has 32 heavy (non-hydrogen) atoms. The number of rotatable bonds is 11. The molecule has 0 aromatic heterocycles. The number of urea groups is 1. The molecule has 0 radical (unpaired) electrons. The topological polar surface area (TPSA) is 134 Å². The second-order valence-corrected chi connectivity index (χ2v) is 7.39. The normalized spacial score (nSPS) is 15.5. The molecule has 1 fully saturated rings. The Hall–Kier alpha value is -2.43. The molecule has 3 amide bonds. The molecule has 1 aliphatic heterocycles. The maximum atomic E-state index is 13.1. The molecule has 5 N–H and O–H groups in total. The van der Waals surface area contributed by atoms with Crippen LogP contribution in [0.1, 0.15) is 24.8 Å². The van der Waals surface area contributed by atoms with E-state index >= 15 is 0 Å². The lowest BCUT2D eigenvalue weighted by Crippen LogP contribution is -2.55. The lowest BCUT2D eigenvalue weighted by molar-refractivity contribution is -0.131. The van der Waals surface area contributed by atoms with E-state index in [1.165, 1.54) is 6.08 Å². The molecule has 10 heteroatoms. The molecule has 0 saturated carbocycles. The molecule has 1 heterocycles. The van der Waals surface area contributed by atoms with E-state index in [4.69, 9.17) is 15.6 Å². The molecule has 1 aromatic carbocycles. The van der Waals surface area contributed by atoms with E-state index in [9.17, 15) is 14.4 Å². The third-order valence-corrected chi connectivity index (χ3v) is 4.96. The molecule has 2 atom stereocenters. The summed E-state index contributed by atoms with van der Waals surface area (Å²) in [6, 6.07) is 7.84. The number of amides is 3. The van der Waals surface area contributed by atoms with Crippen molar-refractivity contribution in [3.05, 3.63) is 48.0 Å². The first-order valence-corrected chi connectivity index (χ1v) is 10.6. The van der Waals surface area contributed by atoms with Crippen LogP contribution < -0.4 is 16.4 Å². The van der Waals surface area contributed by atoms with Crippen LogP contribution in [-0.2, 0) is 20.7 Å². The summed E-state index contributed by atoms with van der Waals surface area (Å²) in [5.41, 5.74) is 6.45. The molecule has 0 aliphatic carbocycles. The van der Waals surface area contributed by atoms with Crippen molar-refractivity contribution >= 4 is 34.9 Å². The number of carboxylic acid groups (broad SMARTS) is 1. The van der Waals surface area contributed by atoms with E-state index in [1.54, 1.807) is 4.90 Å². The van der Waals surface area contributed by atoms with Gasteiger partial charge in [0.2, 0.25) is 5.91 Å². The third kappa shape index (κ3) is 10.3. The maximum Gasteiger partial charge on any atom is 0.328 e. The van der Waals surface area contributed by atoms with Crippen LogP contribution >= 0.6 is 17.0 Å². The van der Waals surface area contributed by atoms with Crippen molar-refractivity contribution in [3.8, 4) is 0 Å². The fourth-order valence-electron chi connectivity index (χ4n) is 3.27. The number of nitrogens with zero attached hydrogens (tertiary/aromatic N) is 1. The highest BCUT2D eigenvalue weighted by Crippen LogP contribution is 2.08. The summed E-state index contributed by atoms with van der Waals surface area (Å²) in [6.07, 6.45) is 4.87. The second-order valence-electron chi connectivity index (χ2n) is 7.39. The number of ether oxygens (including phenoxy) is 1. The molecule has 2 rings (SSSR count). The fourth-order valence-corrected chi connectivity index (χ4v) is 3.27. The molecule has 0 bridgehead atoms. The van der Waals surface area contributed by atoms with Crippen LogP contribution in [-0.4, -0.2) is 72.8 Å². The molecule has 1 aromatic rings. The number of hydrogen-bond donors (Lipinski definition) is 4. The highest BCUT2D eigenvalue weighted by Gasteiger charge is 2.26. The average Bonchev–Trinajstić information content (AvgIpc) is 2.78. The van der Waals surface area contributed by atoms with Gasteiger partial charge in [0.15, 0.2) is 0 Å². The summed E-state index contributed by atoms with van der Waals surface area (Å²) in [5, 5.41) is 14.6. The Kier molecular flexibility index (Phi) is 13.3. The van der Waals surface area contributed by atoms with E-state index in [0.29, 0.717) is 45.7 Å². The van der Waals surface area contributed by atoms with Gasteiger partial charge >= 0.3 is 12.0 Å². The molecule has 9 nitrogen and oxygen atoms in total. The van der Waals surface area contributed by atoms with Gasteiger partial charge in [0.1, 0.15) is 6.04 Å². The number of hydrogen-bond acceptors (Lipinski definition) is 5. The Morgan fingerprint density at radius 1 is 1.12 bits per heavy atom. The van der Waals surface area contributed by atoms with Crippen molar-refractivity contribution < 1.29 is 24.2 Å². The van der Waals surface area contributed by atoms with Crippen molar-refractivity contribution in [2.45, 2.75) is 37.8 Å². The van der Waals surface area contributed by atoms with Crippen LogP contribution in [0.5, 0.6) is 0 Å². The van der Waals surface area contributed by atoms with Crippen LogP contribution in [0, 0.1) is 0 Å². The molecule has 178 valence electrons. The molecule has 1 aliphatic rings. The minimum absolute atomic E-state index is 0. The first-order valence-electron chi connectivity index (χ1n) is 10.6. The zero-order chi connectivity index (χ0) is 22.5. The van der Waals surface area contributed by atoms with Crippen LogP contribution in [0.3, 0.4) is 0 Å². The lowest BCUT2D eigenvalue weighted by atomic mass is 10.0. The standard InChI is InChI=1S/C22H32N4O5.BrH/c23-11-5-4-8-18(9-10-20(27)28)24-21(29)19(16-17-6-2-1-3-7-17)25-22(30)26-12-14-31-15-13-26;/h1-3,6-7,9-10,18-19H,4-5,8,11-16,23H2,(H,24,29)(H,25,30)(H,27,28);1H/b10-9+;. The van der Waals surface area contributed by atoms with Gasteiger partial charge in [-0.15, -0.1) is 17.0 Å². The Morgan fingerprint density at radius 3 is 2.44 bits per heavy atom. The van der Waals surface area contributed by atoms with Gasteiger partial charge in [-0.25, -0.2) is 9.59 Å². The minimum Gasteiger partial charge on any atom is -0.478 e. The van der Waals surface area contributed by atoms with Gasteiger partial charge in [-0.05, 0) is 31.4 Å². The average molecular weight is 513 g/mol. The Labute approximate surface area is 199 Å². The number of carboxylic acids is 1. The molecular weight excluding hydrogens is 480 g/mol. The Balaban J connectivity index is 0.00000512. The highest BCUT2D eigenvalue weighted by atomic mass is 79.9. The summed E-state index contributed by atoms with van der Waals surface area (Å²) >= 11 is 0. The van der Waals surface area contributed by atoms with Gasteiger partial charge < -0.3 is 31.1 Å². The number of aliphatic carboxylic acids is 1. The van der Waals surface area contributed by atoms with Crippen molar-refractivity contribution in [2.75, 3.05) is 32.8 Å². The van der Waals surface area contributed by atoms with E-state index in [-0.39, 0.29) is 28.9 Å². The number of morpholine rings is 1. The lowest BCUT2D eigenvalue weighted by Gasteiger charge is -2.29. The summed E-state index contributed by atoms with van der Waals surface area (Å²) in [5.74, 6) is -1.45.